The van der Waals surface area contributed by atoms with Crippen molar-refractivity contribution in [1.29, 1.82) is 0 Å². The second-order valence-electron chi connectivity index (χ2n) is 6.85. The first kappa shape index (κ1) is 17.9. The molecule has 3 rings (SSSR count). The number of methoxy groups -OCH3 is 1. The molecular formula is C19H28N4O2. The van der Waals surface area contributed by atoms with Crippen LogP contribution in [0.2, 0.25) is 0 Å². The van der Waals surface area contributed by atoms with Gasteiger partial charge >= 0.3 is 0 Å². The van der Waals surface area contributed by atoms with Gasteiger partial charge in [0.1, 0.15) is 6.33 Å². The van der Waals surface area contributed by atoms with Crippen LogP contribution in [0.5, 0.6) is 5.88 Å². The summed E-state index contributed by atoms with van der Waals surface area (Å²) in [5, 5.41) is 3.10. The highest BCUT2D eigenvalue weighted by Gasteiger charge is 2.28. The lowest BCUT2D eigenvalue weighted by molar-refractivity contribution is -0.126. The predicted octanol–water partition coefficient (Wildman–Crippen LogP) is 2.24. The van der Waals surface area contributed by atoms with E-state index in [1.165, 1.54) is 31.3 Å². The van der Waals surface area contributed by atoms with Gasteiger partial charge in [0, 0.05) is 31.6 Å². The number of rotatable bonds is 6. The maximum Gasteiger partial charge on any atom is 0.237 e. The van der Waals surface area contributed by atoms with Gasteiger partial charge < -0.3 is 10.1 Å². The van der Waals surface area contributed by atoms with Gasteiger partial charge in [-0.1, -0.05) is 11.6 Å². The van der Waals surface area contributed by atoms with Gasteiger partial charge in [0.2, 0.25) is 11.8 Å². The fourth-order valence-corrected chi connectivity index (χ4v) is 3.63. The van der Waals surface area contributed by atoms with E-state index in [9.17, 15) is 4.79 Å². The molecule has 1 aliphatic carbocycles. The Hall–Kier alpha value is -1.95. The molecular weight excluding hydrogens is 316 g/mol. The number of nitrogens with zero attached hydrogens (tertiary/aromatic N) is 3. The van der Waals surface area contributed by atoms with E-state index in [0.29, 0.717) is 12.4 Å². The van der Waals surface area contributed by atoms with Crippen LogP contribution in [0.1, 0.15) is 50.3 Å². The van der Waals surface area contributed by atoms with Crippen LogP contribution >= 0.6 is 0 Å². The standard InChI is InChI=1S/C19H28N4O2/c1-14(18(24)20-10-8-15-6-4-3-5-7-15)23-11-9-17-16(12-23)19(25-2)22-13-21-17/h6,13-14H,3-5,7-12H2,1-2H3,(H,20,24)/t14-/m1/s1. The molecule has 25 heavy (non-hydrogen) atoms. The fraction of sp³-hybridized carbons (Fsp3) is 0.632. The van der Waals surface area contributed by atoms with E-state index in [1.54, 1.807) is 13.4 Å². The van der Waals surface area contributed by atoms with E-state index >= 15 is 0 Å². The fourth-order valence-electron chi connectivity index (χ4n) is 3.63. The molecule has 136 valence electrons. The molecule has 0 fully saturated rings. The van der Waals surface area contributed by atoms with Gasteiger partial charge in [0.15, 0.2) is 0 Å². The summed E-state index contributed by atoms with van der Waals surface area (Å²) >= 11 is 0. The number of carbonyl (C=O) groups excluding carboxylic acids is 1. The van der Waals surface area contributed by atoms with E-state index in [1.807, 2.05) is 6.92 Å². The highest BCUT2D eigenvalue weighted by atomic mass is 16.5. The van der Waals surface area contributed by atoms with Gasteiger partial charge in [-0.05, 0) is 39.0 Å². The summed E-state index contributed by atoms with van der Waals surface area (Å²) in [6.45, 7) is 4.17. The average Bonchev–Trinajstić information content (AvgIpc) is 2.67. The van der Waals surface area contributed by atoms with Crippen molar-refractivity contribution in [3.8, 4) is 5.88 Å². The topological polar surface area (TPSA) is 67.4 Å². The van der Waals surface area contributed by atoms with Crippen LogP contribution in [0.3, 0.4) is 0 Å². The molecule has 1 N–H and O–H groups in total. The van der Waals surface area contributed by atoms with E-state index in [4.69, 9.17) is 4.74 Å². The highest BCUT2D eigenvalue weighted by molar-refractivity contribution is 5.81. The van der Waals surface area contributed by atoms with Crippen LogP contribution < -0.4 is 10.1 Å². The van der Waals surface area contributed by atoms with Crippen LogP contribution in [-0.2, 0) is 17.8 Å². The summed E-state index contributed by atoms with van der Waals surface area (Å²) in [5.41, 5.74) is 3.52. The van der Waals surface area contributed by atoms with Crippen molar-refractivity contribution in [3.63, 3.8) is 0 Å². The molecule has 1 aliphatic heterocycles. The third kappa shape index (κ3) is 4.37. The van der Waals surface area contributed by atoms with Crippen LogP contribution in [-0.4, -0.2) is 47.0 Å². The second kappa shape index (κ2) is 8.43. The molecule has 6 heteroatoms. The lowest BCUT2D eigenvalue weighted by Gasteiger charge is -2.32. The smallest absolute Gasteiger partial charge is 0.237 e. The quantitative estimate of drug-likeness (QED) is 0.802. The first-order chi connectivity index (χ1) is 12.2. The second-order valence-corrected chi connectivity index (χ2v) is 6.85. The van der Waals surface area contributed by atoms with E-state index in [-0.39, 0.29) is 11.9 Å². The number of amides is 1. The minimum absolute atomic E-state index is 0.0932. The molecule has 0 spiro atoms. The van der Waals surface area contributed by atoms with Gasteiger partial charge in [0.05, 0.1) is 18.8 Å². The predicted molar refractivity (Wildman–Crippen MR) is 96.3 cm³/mol. The van der Waals surface area contributed by atoms with Crippen molar-refractivity contribution in [2.75, 3.05) is 20.2 Å². The minimum Gasteiger partial charge on any atom is -0.481 e. The molecule has 0 unspecified atom stereocenters. The first-order valence-corrected chi connectivity index (χ1v) is 9.25. The summed E-state index contributed by atoms with van der Waals surface area (Å²) in [7, 11) is 1.62. The summed E-state index contributed by atoms with van der Waals surface area (Å²) in [6.07, 6.45) is 10.6. The number of carbonyl (C=O) groups is 1. The molecule has 0 saturated heterocycles. The van der Waals surface area contributed by atoms with E-state index in [0.717, 1.165) is 37.2 Å². The van der Waals surface area contributed by atoms with Gasteiger partial charge in [0.25, 0.3) is 0 Å². The van der Waals surface area contributed by atoms with Gasteiger partial charge in [-0.2, -0.15) is 0 Å². The van der Waals surface area contributed by atoms with Crippen molar-refractivity contribution in [3.05, 3.63) is 29.2 Å². The van der Waals surface area contributed by atoms with Crippen molar-refractivity contribution in [1.82, 2.24) is 20.2 Å². The molecule has 0 bridgehead atoms. The SMILES string of the molecule is COc1ncnc2c1CN([C@H](C)C(=O)NCCC1=CCCCC1)CC2. The summed E-state index contributed by atoms with van der Waals surface area (Å²) in [6, 6.07) is -0.168. The summed E-state index contributed by atoms with van der Waals surface area (Å²) < 4.78 is 5.35. The van der Waals surface area contributed by atoms with Gasteiger partial charge in [-0.3, -0.25) is 9.69 Å². The number of aromatic nitrogens is 2. The Morgan fingerprint density at radius 1 is 1.36 bits per heavy atom. The van der Waals surface area contributed by atoms with Crippen LogP contribution in [0.25, 0.3) is 0 Å². The number of nitrogens with one attached hydrogen (secondary N) is 1. The number of allylic oxidation sites excluding steroid dienone is 1. The normalized spacial score (nSPS) is 18.9. The van der Waals surface area contributed by atoms with E-state index in [2.05, 4.69) is 26.3 Å². The summed E-state index contributed by atoms with van der Waals surface area (Å²) in [5.74, 6) is 0.710. The molecule has 1 amide bonds. The first-order valence-electron chi connectivity index (χ1n) is 9.25. The Balaban J connectivity index is 1.53. The molecule has 2 aliphatic rings. The maximum absolute atomic E-state index is 12.5. The van der Waals surface area contributed by atoms with Crippen LogP contribution in [0.4, 0.5) is 0 Å². The molecule has 0 saturated carbocycles. The molecule has 1 aromatic heterocycles. The van der Waals surface area contributed by atoms with Crippen molar-refractivity contribution in [2.45, 2.75) is 58.0 Å². The Morgan fingerprint density at radius 3 is 3.00 bits per heavy atom. The third-order valence-corrected chi connectivity index (χ3v) is 5.24. The van der Waals surface area contributed by atoms with Crippen molar-refractivity contribution in [2.24, 2.45) is 0 Å². The molecule has 1 aromatic rings. The van der Waals surface area contributed by atoms with Crippen LogP contribution in [0, 0.1) is 0 Å². The zero-order chi connectivity index (χ0) is 17.6. The van der Waals surface area contributed by atoms with Crippen molar-refractivity contribution >= 4 is 5.91 Å². The zero-order valence-corrected chi connectivity index (χ0v) is 15.3. The lowest BCUT2D eigenvalue weighted by atomic mass is 9.97. The molecule has 0 aromatic carbocycles. The average molecular weight is 344 g/mol. The molecule has 1 atom stereocenters. The monoisotopic (exact) mass is 344 g/mol. The number of hydrogen-bond donors (Lipinski definition) is 1. The number of ether oxygens (including phenoxy) is 1. The molecule has 2 heterocycles. The number of hydrogen-bond acceptors (Lipinski definition) is 5. The number of fused-ring (bicyclic) bond motifs is 1. The third-order valence-electron chi connectivity index (χ3n) is 5.24. The Morgan fingerprint density at radius 2 is 2.24 bits per heavy atom. The lowest BCUT2D eigenvalue weighted by Crippen LogP contribution is -2.47. The summed E-state index contributed by atoms with van der Waals surface area (Å²) in [4.78, 5) is 23.2. The minimum atomic E-state index is -0.168. The highest BCUT2D eigenvalue weighted by Crippen LogP contribution is 2.25. The molecule has 0 radical (unpaired) electrons. The van der Waals surface area contributed by atoms with Gasteiger partial charge in [-0.25, -0.2) is 9.97 Å². The van der Waals surface area contributed by atoms with Crippen LogP contribution in [0.15, 0.2) is 18.0 Å². The van der Waals surface area contributed by atoms with E-state index < -0.39 is 0 Å². The van der Waals surface area contributed by atoms with Crippen molar-refractivity contribution < 1.29 is 9.53 Å². The zero-order valence-electron chi connectivity index (χ0n) is 15.3. The van der Waals surface area contributed by atoms with Gasteiger partial charge in [-0.15, -0.1) is 0 Å². The molecule has 6 nitrogen and oxygen atoms in total. The Kier molecular flexibility index (Phi) is 6.02. The Bertz CT molecular complexity index is 630. The largest absolute Gasteiger partial charge is 0.481 e. The maximum atomic E-state index is 12.5. The Labute approximate surface area is 149 Å².